The molecule has 3 heterocycles. The number of carbonyl (C=O) groups excluding carboxylic acids is 1. The van der Waals surface area contributed by atoms with Crippen molar-refractivity contribution in [1.82, 2.24) is 20.2 Å². The summed E-state index contributed by atoms with van der Waals surface area (Å²) >= 11 is 0. The molecule has 0 spiro atoms. The Morgan fingerprint density at radius 3 is 2.77 bits per heavy atom. The summed E-state index contributed by atoms with van der Waals surface area (Å²) in [6.45, 7) is 0. The van der Waals surface area contributed by atoms with E-state index >= 15 is 0 Å². The van der Waals surface area contributed by atoms with Crippen LogP contribution in [-0.4, -0.2) is 38.9 Å². The summed E-state index contributed by atoms with van der Waals surface area (Å²) in [5, 5.41) is 14.7. The molecular weight excluding hydrogens is 390 g/mol. The molecule has 3 atom stereocenters. The largest absolute Gasteiger partial charge is 0.347 e. The van der Waals surface area contributed by atoms with E-state index in [1.165, 1.54) is 0 Å². The second kappa shape index (κ2) is 7.20. The van der Waals surface area contributed by atoms with E-state index < -0.39 is 17.5 Å². The minimum atomic E-state index is -0.838. The van der Waals surface area contributed by atoms with Crippen molar-refractivity contribution in [3.63, 3.8) is 0 Å². The summed E-state index contributed by atoms with van der Waals surface area (Å²) in [4.78, 5) is 22.7. The molecule has 2 bridgehead atoms. The van der Waals surface area contributed by atoms with Crippen molar-refractivity contribution in [2.75, 3.05) is 5.32 Å². The number of hydrogen-bond acceptors (Lipinski definition) is 6. The molecule has 5 rings (SSSR count). The van der Waals surface area contributed by atoms with E-state index in [4.69, 9.17) is 0 Å². The molecule has 1 aromatic carbocycles. The molecular formula is C21H20F2N6O. The average molecular weight is 410 g/mol. The van der Waals surface area contributed by atoms with Crippen LogP contribution in [0.2, 0.25) is 0 Å². The highest BCUT2D eigenvalue weighted by Gasteiger charge is 2.46. The topological polar surface area (TPSA) is 93.9 Å². The minimum Gasteiger partial charge on any atom is -0.347 e. The molecule has 1 saturated carbocycles. The molecule has 154 valence electrons. The van der Waals surface area contributed by atoms with Gasteiger partial charge < -0.3 is 15.5 Å². The van der Waals surface area contributed by atoms with E-state index in [0.717, 1.165) is 43.5 Å². The van der Waals surface area contributed by atoms with Gasteiger partial charge in [0.2, 0.25) is 5.95 Å². The molecule has 0 radical (unpaired) electrons. The third-order valence-electron chi connectivity index (χ3n) is 6.19. The van der Waals surface area contributed by atoms with Gasteiger partial charge in [-0.1, -0.05) is 0 Å². The summed E-state index contributed by atoms with van der Waals surface area (Å²) in [6, 6.07) is 3.44. The van der Waals surface area contributed by atoms with Gasteiger partial charge in [0.25, 0.3) is 5.91 Å². The van der Waals surface area contributed by atoms with Gasteiger partial charge in [0.05, 0.1) is 23.3 Å². The van der Waals surface area contributed by atoms with Crippen LogP contribution < -0.4 is 10.6 Å². The molecule has 2 N–H and O–H groups in total. The first-order chi connectivity index (χ1) is 14.5. The van der Waals surface area contributed by atoms with Crippen LogP contribution in [0.1, 0.15) is 54.1 Å². The summed E-state index contributed by atoms with van der Waals surface area (Å²) < 4.78 is 29.2. The Bertz CT molecular complexity index is 1050. The van der Waals surface area contributed by atoms with E-state index in [1.807, 2.05) is 6.07 Å². The van der Waals surface area contributed by atoms with Gasteiger partial charge in [0.1, 0.15) is 11.6 Å². The fraction of sp³-hybridized carbons (Fsp3) is 0.429. The van der Waals surface area contributed by atoms with Gasteiger partial charge in [-0.3, -0.25) is 4.79 Å². The Balaban J connectivity index is 1.31. The second-order valence-corrected chi connectivity index (χ2v) is 8.14. The Kier molecular flexibility index (Phi) is 4.50. The molecule has 3 fully saturated rings. The van der Waals surface area contributed by atoms with Crippen LogP contribution in [0.15, 0.2) is 24.4 Å². The van der Waals surface area contributed by atoms with Crippen molar-refractivity contribution >= 4 is 17.5 Å². The van der Waals surface area contributed by atoms with E-state index in [-0.39, 0.29) is 35.3 Å². The first kappa shape index (κ1) is 18.7. The van der Waals surface area contributed by atoms with Gasteiger partial charge in [0, 0.05) is 29.9 Å². The monoisotopic (exact) mass is 410 g/mol. The number of fused-ring (bicyclic) bond motifs is 2. The van der Waals surface area contributed by atoms with E-state index in [9.17, 15) is 18.8 Å². The average Bonchev–Trinajstić information content (AvgIpc) is 3.45. The van der Waals surface area contributed by atoms with Crippen molar-refractivity contribution in [3.05, 3.63) is 47.3 Å². The zero-order chi connectivity index (χ0) is 20.8. The number of benzene rings is 1. The van der Waals surface area contributed by atoms with Crippen LogP contribution in [0.3, 0.4) is 0 Å². The summed E-state index contributed by atoms with van der Waals surface area (Å²) in [5.41, 5.74) is 0.381. The van der Waals surface area contributed by atoms with Crippen molar-refractivity contribution in [1.29, 1.82) is 5.26 Å². The first-order valence-corrected chi connectivity index (χ1v) is 10.1. The zero-order valence-electron chi connectivity index (χ0n) is 16.1. The van der Waals surface area contributed by atoms with Crippen LogP contribution in [0.5, 0.6) is 0 Å². The predicted molar refractivity (Wildman–Crippen MR) is 104 cm³/mol. The number of nitrogens with one attached hydrogen (secondary N) is 2. The predicted octanol–water partition coefficient (Wildman–Crippen LogP) is 3.19. The zero-order valence-corrected chi connectivity index (χ0v) is 16.1. The van der Waals surface area contributed by atoms with Gasteiger partial charge in [-0.25, -0.2) is 18.7 Å². The third kappa shape index (κ3) is 3.32. The highest BCUT2D eigenvalue weighted by atomic mass is 19.1. The second-order valence-electron chi connectivity index (χ2n) is 8.14. The maximum atomic E-state index is 14.6. The van der Waals surface area contributed by atoms with Gasteiger partial charge in [-0.15, -0.1) is 0 Å². The molecule has 2 aliphatic heterocycles. The number of nitriles is 1. The maximum Gasteiger partial charge on any atom is 0.254 e. The van der Waals surface area contributed by atoms with Crippen LogP contribution in [0.25, 0.3) is 0 Å². The van der Waals surface area contributed by atoms with Crippen molar-refractivity contribution in [2.24, 2.45) is 0 Å². The normalized spacial score (nSPS) is 24.6. The molecule has 0 unspecified atom stereocenters. The minimum absolute atomic E-state index is 0.0753. The molecule has 9 heteroatoms. The van der Waals surface area contributed by atoms with Crippen molar-refractivity contribution < 1.29 is 13.6 Å². The number of rotatable bonds is 5. The molecule has 1 amide bonds. The molecule has 30 heavy (non-hydrogen) atoms. The lowest BCUT2D eigenvalue weighted by molar-refractivity contribution is 0.0924. The number of anilines is 2. The highest BCUT2D eigenvalue weighted by Crippen LogP contribution is 2.39. The number of halogens is 2. The number of hydrogen-bond donors (Lipinski definition) is 2. The lowest BCUT2D eigenvalue weighted by atomic mass is 9.95. The Hall–Kier alpha value is -3.28. The Morgan fingerprint density at radius 1 is 1.20 bits per heavy atom. The first-order valence-electron chi connectivity index (χ1n) is 10.1. The number of aromatic nitrogens is 2. The van der Waals surface area contributed by atoms with Gasteiger partial charge in [0.15, 0.2) is 6.19 Å². The fourth-order valence-electron chi connectivity index (χ4n) is 4.52. The fourth-order valence-corrected chi connectivity index (χ4v) is 4.52. The van der Waals surface area contributed by atoms with Crippen molar-refractivity contribution in [3.8, 4) is 6.19 Å². The lowest BCUT2D eigenvalue weighted by Gasteiger charge is -2.22. The SMILES string of the molecule is N#CN1[C@H]2CC[C@@H]1[C@H](NC(=O)c1cc(F)c(Nc3nccc(C4CC4)n3)cc1F)C2. The van der Waals surface area contributed by atoms with Gasteiger partial charge in [-0.2, -0.15) is 5.26 Å². The van der Waals surface area contributed by atoms with Crippen LogP contribution >= 0.6 is 0 Å². The molecule has 3 aliphatic rings. The molecule has 7 nitrogen and oxygen atoms in total. The smallest absolute Gasteiger partial charge is 0.254 e. The summed E-state index contributed by atoms with van der Waals surface area (Å²) in [5.74, 6) is -1.69. The number of carbonyl (C=O) groups is 1. The third-order valence-corrected chi connectivity index (χ3v) is 6.19. The summed E-state index contributed by atoms with van der Waals surface area (Å²) in [7, 11) is 0. The molecule has 1 aliphatic carbocycles. The van der Waals surface area contributed by atoms with Gasteiger partial charge in [-0.05, 0) is 44.2 Å². The van der Waals surface area contributed by atoms with E-state index in [0.29, 0.717) is 12.3 Å². The lowest BCUT2D eigenvalue weighted by Crippen LogP contribution is -2.43. The van der Waals surface area contributed by atoms with Crippen molar-refractivity contribution in [2.45, 2.75) is 56.1 Å². The number of nitrogens with zero attached hydrogens (tertiary/aromatic N) is 4. The quantitative estimate of drug-likeness (QED) is 0.736. The number of amides is 1. The van der Waals surface area contributed by atoms with E-state index in [1.54, 1.807) is 11.1 Å². The standard InChI is InChI=1S/C21H20F2N6O/c22-14-9-17(28-21-25-6-5-16(27-21)11-1-2-11)15(23)8-13(14)20(30)26-18-7-12-3-4-19(18)29(12)10-24/h5-6,8-9,11-12,18-19H,1-4,7H2,(H,26,30)(H,25,27,28)/t12-,18+,19+/m0/s1. The highest BCUT2D eigenvalue weighted by molar-refractivity contribution is 5.95. The van der Waals surface area contributed by atoms with Crippen LogP contribution in [0, 0.1) is 23.1 Å². The Labute approximate surface area is 172 Å². The summed E-state index contributed by atoms with van der Waals surface area (Å²) in [6.07, 6.45) is 8.24. The van der Waals surface area contributed by atoms with Gasteiger partial charge >= 0.3 is 0 Å². The van der Waals surface area contributed by atoms with Crippen LogP contribution in [-0.2, 0) is 0 Å². The maximum absolute atomic E-state index is 14.6. The Morgan fingerprint density at radius 2 is 2.03 bits per heavy atom. The molecule has 1 aromatic heterocycles. The molecule has 2 saturated heterocycles. The van der Waals surface area contributed by atoms with Crippen LogP contribution in [0.4, 0.5) is 20.4 Å². The van der Waals surface area contributed by atoms with E-state index in [2.05, 4.69) is 26.8 Å². The molecule has 2 aromatic rings.